The molecule has 0 saturated carbocycles. The van der Waals surface area contributed by atoms with Crippen LogP contribution in [0.3, 0.4) is 0 Å². The first kappa shape index (κ1) is 15.4. The molecular formula is C16H17ClFNS. The van der Waals surface area contributed by atoms with Gasteiger partial charge in [0.25, 0.3) is 0 Å². The van der Waals surface area contributed by atoms with Gasteiger partial charge in [-0.1, -0.05) is 30.7 Å². The van der Waals surface area contributed by atoms with Crippen molar-refractivity contribution < 1.29 is 4.39 Å². The third kappa shape index (κ3) is 4.51. The second-order valence-electron chi connectivity index (χ2n) is 4.43. The molecule has 1 N–H and O–H groups in total. The predicted octanol–water partition coefficient (Wildman–Crippen LogP) is 4.92. The van der Waals surface area contributed by atoms with Crippen LogP contribution in [0.1, 0.15) is 18.5 Å². The SMILES string of the molecule is CCNC(CSc1ccc(Cl)cc1)c1ccc(F)cc1. The Balaban J connectivity index is 2.02. The van der Waals surface area contributed by atoms with E-state index in [4.69, 9.17) is 11.6 Å². The average molecular weight is 310 g/mol. The lowest BCUT2D eigenvalue weighted by Gasteiger charge is -2.18. The molecule has 0 fully saturated rings. The lowest BCUT2D eigenvalue weighted by molar-refractivity contribution is 0.598. The van der Waals surface area contributed by atoms with E-state index in [1.807, 2.05) is 36.4 Å². The number of hydrogen-bond acceptors (Lipinski definition) is 2. The smallest absolute Gasteiger partial charge is 0.123 e. The van der Waals surface area contributed by atoms with Crippen LogP contribution in [0, 0.1) is 5.82 Å². The zero-order chi connectivity index (χ0) is 14.4. The molecule has 1 atom stereocenters. The maximum atomic E-state index is 13.0. The summed E-state index contributed by atoms with van der Waals surface area (Å²) in [5.74, 6) is 0.690. The molecular weight excluding hydrogens is 293 g/mol. The minimum absolute atomic E-state index is 0.200. The van der Waals surface area contributed by atoms with Crippen molar-refractivity contribution in [3.63, 3.8) is 0 Å². The first-order valence-electron chi connectivity index (χ1n) is 6.56. The lowest BCUT2D eigenvalue weighted by atomic mass is 10.1. The number of rotatable bonds is 6. The van der Waals surface area contributed by atoms with Crippen molar-refractivity contribution in [1.82, 2.24) is 5.32 Å². The predicted molar refractivity (Wildman–Crippen MR) is 85.0 cm³/mol. The van der Waals surface area contributed by atoms with Gasteiger partial charge in [0.1, 0.15) is 5.82 Å². The molecule has 20 heavy (non-hydrogen) atoms. The van der Waals surface area contributed by atoms with Gasteiger partial charge in [0.15, 0.2) is 0 Å². The van der Waals surface area contributed by atoms with Crippen LogP contribution in [0.25, 0.3) is 0 Å². The molecule has 2 aromatic rings. The number of benzene rings is 2. The number of halogens is 2. The topological polar surface area (TPSA) is 12.0 Å². The van der Waals surface area contributed by atoms with Crippen molar-refractivity contribution in [2.75, 3.05) is 12.3 Å². The summed E-state index contributed by atoms with van der Waals surface area (Å²) < 4.78 is 13.0. The van der Waals surface area contributed by atoms with Gasteiger partial charge in [-0.2, -0.15) is 0 Å². The van der Waals surface area contributed by atoms with Crippen molar-refractivity contribution in [3.8, 4) is 0 Å². The molecule has 1 unspecified atom stereocenters. The van der Waals surface area contributed by atoms with Crippen LogP contribution in [0.2, 0.25) is 5.02 Å². The Hall–Kier alpha value is -1.03. The molecule has 1 nitrogen and oxygen atoms in total. The highest BCUT2D eigenvalue weighted by atomic mass is 35.5. The fourth-order valence-electron chi connectivity index (χ4n) is 1.92. The molecule has 2 rings (SSSR count). The molecule has 106 valence electrons. The highest BCUT2D eigenvalue weighted by Crippen LogP contribution is 2.26. The summed E-state index contributed by atoms with van der Waals surface area (Å²) in [7, 11) is 0. The first-order chi connectivity index (χ1) is 9.69. The summed E-state index contributed by atoms with van der Waals surface area (Å²) >= 11 is 7.64. The molecule has 0 aliphatic carbocycles. The largest absolute Gasteiger partial charge is 0.309 e. The summed E-state index contributed by atoms with van der Waals surface area (Å²) in [4.78, 5) is 1.18. The molecule has 0 bridgehead atoms. The van der Waals surface area contributed by atoms with Crippen LogP contribution in [-0.4, -0.2) is 12.3 Å². The Kier molecular flexibility index (Phi) is 5.89. The standard InChI is InChI=1S/C16H17ClFNS/c1-2-19-16(12-3-7-14(18)8-4-12)11-20-15-9-5-13(17)6-10-15/h3-10,16,19H,2,11H2,1H3. The van der Waals surface area contributed by atoms with E-state index in [1.165, 1.54) is 17.0 Å². The monoisotopic (exact) mass is 309 g/mol. The molecule has 0 amide bonds. The summed E-state index contributed by atoms with van der Waals surface area (Å²) in [6.45, 7) is 2.95. The maximum absolute atomic E-state index is 13.0. The Labute approximate surface area is 128 Å². The molecule has 0 saturated heterocycles. The van der Waals surface area contributed by atoms with Gasteiger partial charge in [0.2, 0.25) is 0 Å². The van der Waals surface area contributed by atoms with Crippen molar-refractivity contribution >= 4 is 23.4 Å². The molecule has 0 aromatic heterocycles. The third-order valence-corrected chi connectivity index (χ3v) is 4.31. The highest BCUT2D eigenvalue weighted by Gasteiger charge is 2.10. The molecule has 0 aliphatic rings. The molecule has 0 aliphatic heterocycles. The van der Waals surface area contributed by atoms with Gasteiger partial charge >= 0.3 is 0 Å². The van der Waals surface area contributed by atoms with Gasteiger partial charge in [-0.05, 0) is 48.5 Å². The third-order valence-electron chi connectivity index (χ3n) is 2.95. The van der Waals surface area contributed by atoms with E-state index in [2.05, 4.69) is 12.2 Å². The maximum Gasteiger partial charge on any atom is 0.123 e. The quantitative estimate of drug-likeness (QED) is 0.760. The Morgan fingerprint density at radius 1 is 1.10 bits per heavy atom. The van der Waals surface area contributed by atoms with Crippen LogP contribution in [0.4, 0.5) is 4.39 Å². The molecule has 2 aromatic carbocycles. The molecule has 0 heterocycles. The van der Waals surface area contributed by atoms with Crippen molar-refractivity contribution in [3.05, 3.63) is 64.9 Å². The summed E-state index contributed by atoms with van der Waals surface area (Å²) in [6, 6.07) is 14.7. The minimum Gasteiger partial charge on any atom is -0.309 e. The van der Waals surface area contributed by atoms with Crippen LogP contribution in [0.15, 0.2) is 53.4 Å². The number of hydrogen-bond donors (Lipinski definition) is 1. The van der Waals surface area contributed by atoms with E-state index >= 15 is 0 Å². The molecule has 0 radical (unpaired) electrons. The van der Waals surface area contributed by atoms with Gasteiger partial charge in [0.05, 0.1) is 0 Å². The Morgan fingerprint density at radius 2 is 1.75 bits per heavy atom. The summed E-state index contributed by atoms with van der Waals surface area (Å²) in [5.41, 5.74) is 1.11. The highest BCUT2D eigenvalue weighted by molar-refractivity contribution is 7.99. The first-order valence-corrected chi connectivity index (χ1v) is 7.92. The molecule has 0 spiro atoms. The summed E-state index contributed by atoms with van der Waals surface area (Å²) in [6.07, 6.45) is 0. The van der Waals surface area contributed by atoms with Gasteiger partial charge in [-0.25, -0.2) is 4.39 Å². The van der Waals surface area contributed by atoms with Gasteiger partial charge < -0.3 is 5.32 Å². The average Bonchev–Trinajstić information content (AvgIpc) is 2.46. The lowest BCUT2D eigenvalue weighted by Crippen LogP contribution is -2.22. The van der Waals surface area contributed by atoms with E-state index in [0.717, 1.165) is 22.9 Å². The zero-order valence-electron chi connectivity index (χ0n) is 11.3. The second-order valence-corrected chi connectivity index (χ2v) is 5.96. The Bertz CT molecular complexity index is 527. The van der Waals surface area contributed by atoms with Crippen molar-refractivity contribution in [1.29, 1.82) is 0 Å². The van der Waals surface area contributed by atoms with Gasteiger partial charge in [-0.15, -0.1) is 11.8 Å². The van der Waals surface area contributed by atoms with Crippen LogP contribution in [-0.2, 0) is 0 Å². The van der Waals surface area contributed by atoms with Crippen LogP contribution < -0.4 is 5.32 Å². The van der Waals surface area contributed by atoms with E-state index in [1.54, 1.807) is 11.8 Å². The fraction of sp³-hybridized carbons (Fsp3) is 0.250. The zero-order valence-corrected chi connectivity index (χ0v) is 12.8. The Morgan fingerprint density at radius 3 is 2.35 bits per heavy atom. The van der Waals surface area contributed by atoms with E-state index in [9.17, 15) is 4.39 Å². The number of nitrogens with one attached hydrogen (secondary N) is 1. The summed E-state index contributed by atoms with van der Waals surface area (Å²) in [5, 5.41) is 4.18. The van der Waals surface area contributed by atoms with Crippen molar-refractivity contribution in [2.24, 2.45) is 0 Å². The van der Waals surface area contributed by atoms with Crippen molar-refractivity contribution in [2.45, 2.75) is 17.9 Å². The van der Waals surface area contributed by atoms with Crippen LogP contribution >= 0.6 is 23.4 Å². The minimum atomic E-state index is -0.200. The second kappa shape index (κ2) is 7.67. The fourth-order valence-corrected chi connectivity index (χ4v) is 3.05. The number of thioether (sulfide) groups is 1. The van der Waals surface area contributed by atoms with E-state index in [-0.39, 0.29) is 11.9 Å². The van der Waals surface area contributed by atoms with Crippen LogP contribution in [0.5, 0.6) is 0 Å². The van der Waals surface area contributed by atoms with Gasteiger partial charge in [-0.3, -0.25) is 0 Å². The van der Waals surface area contributed by atoms with E-state index < -0.39 is 0 Å². The van der Waals surface area contributed by atoms with Gasteiger partial charge in [0, 0.05) is 21.7 Å². The normalized spacial score (nSPS) is 12.3. The molecule has 4 heteroatoms. The van der Waals surface area contributed by atoms with E-state index in [0.29, 0.717) is 0 Å².